The van der Waals surface area contributed by atoms with Gasteiger partial charge in [-0.25, -0.2) is 4.79 Å². The van der Waals surface area contributed by atoms with Crippen LogP contribution >= 0.6 is 0 Å². The highest BCUT2D eigenvalue weighted by Gasteiger charge is 2.17. The molecule has 12 heavy (non-hydrogen) atoms. The standard InChI is InChI=1S/C9H9NO2/c10-7-2-1-6-3-4-12-9(11)8(6)5-7/h1-2,5H,3-4,10H2. The highest BCUT2D eigenvalue weighted by molar-refractivity contribution is 5.93. The van der Waals surface area contributed by atoms with Gasteiger partial charge in [-0.1, -0.05) is 6.07 Å². The lowest BCUT2D eigenvalue weighted by Gasteiger charge is -2.15. The van der Waals surface area contributed by atoms with Crippen molar-refractivity contribution in [1.82, 2.24) is 0 Å². The number of nitrogen functional groups attached to an aromatic ring is 1. The minimum Gasteiger partial charge on any atom is -0.462 e. The van der Waals surface area contributed by atoms with Crippen LogP contribution in [0.4, 0.5) is 5.69 Å². The van der Waals surface area contributed by atoms with Crippen LogP contribution in [-0.2, 0) is 11.2 Å². The summed E-state index contributed by atoms with van der Waals surface area (Å²) in [6.07, 6.45) is 0.793. The van der Waals surface area contributed by atoms with Crippen molar-refractivity contribution in [3.63, 3.8) is 0 Å². The monoisotopic (exact) mass is 163 g/mol. The number of ether oxygens (including phenoxy) is 1. The van der Waals surface area contributed by atoms with E-state index in [1.165, 1.54) is 0 Å². The van der Waals surface area contributed by atoms with Crippen LogP contribution in [0.1, 0.15) is 15.9 Å². The van der Waals surface area contributed by atoms with E-state index in [9.17, 15) is 4.79 Å². The van der Waals surface area contributed by atoms with Crippen LogP contribution in [0.15, 0.2) is 18.2 Å². The Morgan fingerprint density at radius 3 is 3.08 bits per heavy atom. The van der Waals surface area contributed by atoms with Crippen molar-refractivity contribution in [2.24, 2.45) is 0 Å². The van der Waals surface area contributed by atoms with E-state index in [0.717, 1.165) is 12.0 Å². The molecule has 0 aliphatic carbocycles. The van der Waals surface area contributed by atoms with Crippen LogP contribution in [0.25, 0.3) is 0 Å². The number of fused-ring (bicyclic) bond motifs is 1. The van der Waals surface area contributed by atoms with Gasteiger partial charge in [-0.15, -0.1) is 0 Å². The molecule has 0 saturated carbocycles. The van der Waals surface area contributed by atoms with Gasteiger partial charge >= 0.3 is 5.97 Å². The molecule has 1 aromatic carbocycles. The zero-order valence-electron chi connectivity index (χ0n) is 6.54. The normalized spacial score (nSPS) is 15.2. The molecular weight excluding hydrogens is 154 g/mol. The van der Waals surface area contributed by atoms with Crippen LogP contribution in [0.3, 0.4) is 0 Å². The molecule has 3 heteroatoms. The summed E-state index contributed by atoms with van der Waals surface area (Å²) >= 11 is 0. The molecule has 0 atom stereocenters. The Labute approximate surface area is 70.1 Å². The first-order chi connectivity index (χ1) is 5.77. The molecule has 3 nitrogen and oxygen atoms in total. The maximum atomic E-state index is 11.2. The first-order valence-corrected chi connectivity index (χ1v) is 3.83. The molecular formula is C9H9NO2. The third-order valence-electron chi connectivity index (χ3n) is 1.96. The fraction of sp³-hybridized carbons (Fsp3) is 0.222. The molecule has 0 unspecified atom stereocenters. The lowest BCUT2D eigenvalue weighted by atomic mass is 10.0. The quantitative estimate of drug-likeness (QED) is 0.458. The molecule has 0 fully saturated rings. The van der Waals surface area contributed by atoms with Crippen molar-refractivity contribution in [3.8, 4) is 0 Å². The van der Waals surface area contributed by atoms with E-state index in [-0.39, 0.29) is 5.97 Å². The highest BCUT2D eigenvalue weighted by atomic mass is 16.5. The van der Waals surface area contributed by atoms with E-state index >= 15 is 0 Å². The zero-order chi connectivity index (χ0) is 8.55. The van der Waals surface area contributed by atoms with E-state index in [2.05, 4.69) is 0 Å². The van der Waals surface area contributed by atoms with Gasteiger partial charge in [0.1, 0.15) is 0 Å². The maximum absolute atomic E-state index is 11.2. The van der Waals surface area contributed by atoms with Crippen LogP contribution in [0.2, 0.25) is 0 Å². The largest absolute Gasteiger partial charge is 0.462 e. The van der Waals surface area contributed by atoms with Gasteiger partial charge in [-0.05, 0) is 17.7 Å². The number of carbonyl (C=O) groups excluding carboxylic acids is 1. The fourth-order valence-corrected chi connectivity index (χ4v) is 1.33. The number of anilines is 1. The molecule has 0 amide bonds. The maximum Gasteiger partial charge on any atom is 0.338 e. The van der Waals surface area contributed by atoms with Gasteiger partial charge in [0.15, 0.2) is 0 Å². The fourth-order valence-electron chi connectivity index (χ4n) is 1.33. The summed E-state index contributed by atoms with van der Waals surface area (Å²) in [6.45, 7) is 0.482. The molecule has 0 spiro atoms. The second-order valence-electron chi connectivity index (χ2n) is 2.80. The molecule has 62 valence electrons. The van der Waals surface area contributed by atoms with Crippen molar-refractivity contribution in [2.45, 2.75) is 6.42 Å². The number of cyclic esters (lactones) is 1. The Balaban J connectivity index is 2.54. The minimum absolute atomic E-state index is 0.261. The topological polar surface area (TPSA) is 52.3 Å². The number of rotatable bonds is 0. The predicted octanol–water partition coefficient (Wildman–Crippen LogP) is 0.982. The van der Waals surface area contributed by atoms with Crippen LogP contribution in [0.5, 0.6) is 0 Å². The average Bonchev–Trinajstić information content (AvgIpc) is 2.07. The van der Waals surface area contributed by atoms with E-state index < -0.39 is 0 Å². The van der Waals surface area contributed by atoms with Crippen molar-refractivity contribution in [2.75, 3.05) is 12.3 Å². The van der Waals surface area contributed by atoms with Gasteiger partial charge in [0.2, 0.25) is 0 Å². The summed E-state index contributed by atoms with van der Waals surface area (Å²) in [5.41, 5.74) is 7.78. The summed E-state index contributed by atoms with van der Waals surface area (Å²) in [5, 5.41) is 0. The Kier molecular flexibility index (Phi) is 1.50. The van der Waals surface area contributed by atoms with E-state index in [1.807, 2.05) is 6.07 Å². The lowest BCUT2D eigenvalue weighted by molar-refractivity contribution is 0.0480. The second-order valence-corrected chi connectivity index (χ2v) is 2.80. The second kappa shape index (κ2) is 2.52. The molecule has 0 saturated heterocycles. The van der Waals surface area contributed by atoms with Gasteiger partial charge in [-0.3, -0.25) is 0 Å². The molecule has 1 aromatic rings. The van der Waals surface area contributed by atoms with Gasteiger partial charge in [0.25, 0.3) is 0 Å². The van der Waals surface area contributed by atoms with E-state index in [4.69, 9.17) is 10.5 Å². The Morgan fingerprint density at radius 1 is 1.42 bits per heavy atom. The van der Waals surface area contributed by atoms with Gasteiger partial charge in [-0.2, -0.15) is 0 Å². The smallest absolute Gasteiger partial charge is 0.338 e. The molecule has 2 N–H and O–H groups in total. The number of carbonyl (C=O) groups is 1. The number of hydrogen-bond acceptors (Lipinski definition) is 3. The van der Waals surface area contributed by atoms with Gasteiger partial charge in [0.05, 0.1) is 12.2 Å². The zero-order valence-corrected chi connectivity index (χ0v) is 6.54. The SMILES string of the molecule is Nc1ccc2c(c1)C(=O)OCC2. The number of hydrogen-bond donors (Lipinski definition) is 1. The first kappa shape index (κ1) is 7.16. The molecule has 1 aliphatic rings. The Morgan fingerprint density at radius 2 is 2.25 bits per heavy atom. The Bertz CT molecular complexity index is 333. The van der Waals surface area contributed by atoms with Crippen LogP contribution < -0.4 is 5.73 Å². The third-order valence-corrected chi connectivity index (χ3v) is 1.96. The first-order valence-electron chi connectivity index (χ1n) is 3.83. The predicted molar refractivity (Wildman–Crippen MR) is 44.8 cm³/mol. The van der Waals surface area contributed by atoms with Crippen LogP contribution in [0, 0.1) is 0 Å². The molecule has 1 aliphatic heterocycles. The highest BCUT2D eigenvalue weighted by Crippen LogP contribution is 2.18. The van der Waals surface area contributed by atoms with Gasteiger partial charge in [0, 0.05) is 12.1 Å². The molecule has 0 bridgehead atoms. The summed E-state index contributed by atoms with van der Waals surface area (Å²) in [6, 6.07) is 5.35. The van der Waals surface area contributed by atoms with Crippen molar-refractivity contribution >= 4 is 11.7 Å². The summed E-state index contributed by atoms with van der Waals surface area (Å²) in [7, 11) is 0. The lowest BCUT2D eigenvalue weighted by Crippen LogP contribution is -2.17. The van der Waals surface area contributed by atoms with E-state index in [0.29, 0.717) is 17.9 Å². The molecule has 0 aromatic heterocycles. The van der Waals surface area contributed by atoms with Crippen LogP contribution in [-0.4, -0.2) is 12.6 Å². The number of nitrogens with two attached hydrogens (primary N) is 1. The Hall–Kier alpha value is -1.51. The summed E-state index contributed by atoms with van der Waals surface area (Å²) in [4.78, 5) is 11.2. The van der Waals surface area contributed by atoms with Crippen molar-refractivity contribution in [3.05, 3.63) is 29.3 Å². The van der Waals surface area contributed by atoms with Gasteiger partial charge < -0.3 is 10.5 Å². The third kappa shape index (κ3) is 1.03. The average molecular weight is 163 g/mol. The van der Waals surface area contributed by atoms with Crippen molar-refractivity contribution in [1.29, 1.82) is 0 Å². The summed E-state index contributed by atoms with van der Waals surface area (Å²) < 4.78 is 4.86. The number of esters is 1. The van der Waals surface area contributed by atoms with E-state index in [1.54, 1.807) is 12.1 Å². The minimum atomic E-state index is -0.261. The molecule has 2 rings (SSSR count). The molecule has 1 heterocycles. The summed E-state index contributed by atoms with van der Waals surface area (Å²) in [5.74, 6) is -0.261. The number of benzene rings is 1. The van der Waals surface area contributed by atoms with Crippen molar-refractivity contribution < 1.29 is 9.53 Å². The molecule has 0 radical (unpaired) electrons.